The van der Waals surface area contributed by atoms with Crippen molar-refractivity contribution in [1.82, 2.24) is 4.90 Å². The largest absolute Gasteiger partial charge is 0.340 e. The van der Waals surface area contributed by atoms with E-state index in [2.05, 4.69) is 18.7 Å². The van der Waals surface area contributed by atoms with Crippen LogP contribution in [-0.4, -0.2) is 29.4 Å². The zero-order chi connectivity index (χ0) is 12.1. The van der Waals surface area contributed by atoms with Gasteiger partial charge in [-0.2, -0.15) is 0 Å². The predicted octanol–water partition coefficient (Wildman–Crippen LogP) is 2.15. The Kier molecular flexibility index (Phi) is 5.26. The number of carbonyl (C=O) groups excluding carboxylic acids is 1. The zero-order valence-electron chi connectivity index (χ0n) is 10.9. The number of likely N-dealkylation sites (tertiary alicyclic amines) is 1. The van der Waals surface area contributed by atoms with Gasteiger partial charge < -0.3 is 10.6 Å². The molecule has 3 atom stereocenters. The molecular formula is C13H26N2O. The highest BCUT2D eigenvalue weighted by molar-refractivity contribution is 5.76. The van der Waals surface area contributed by atoms with Crippen LogP contribution in [0.5, 0.6) is 0 Å². The SMILES string of the molecule is CC(N)CCC(=O)N1CC(C)CCCC1C. The van der Waals surface area contributed by atoms with Gasteiger partial charge in [-0.05, 0) is 39.0 Å². The maximum absolute atomic E-state index is 12.1. The number of hydrogen-bond acceptors (Lipinski definition) is 2. The van der Waals surface area contributed by atoms with Gasteiger partial charge in [-0.1, -0.05) is 13.3 Å². The lowest BCUT2D eigenvalue weighted by Crippen LogP contribution is -2.40. The molecule has 3 heteroatoms. The fraction of sp³-hybridized carbons (Fsp3) is 0.923. The second kappa shape index (κ2) is 6.24. The number of nitrogens with two attached hydrogens (primary N) is 1. The quantitative estimate of drug-likeness (QED) is 0.801. The van der Waals surface area contributed by atoms with Crippen LogP contribution in [0, 0.1) is 5.92 Å². The van der Waals surface area contributed by atoms with E-state index in [1.807, 2.05) is 6.92 Å². The molecule has 1 fully saturated rings. The van der Waals surface area contributed by atoms with E-state index in [0.717, 1.165) is 19.4 Å². The average Bonchev–Trinajstić information content (AvgIpc) is 2.37. The number of nitrogens with zero attached hydrogens (tertiary/aromatic N) is 1. The third kappa shape index (κ3) is 4.12. The molecule has 0 radical (unpaired) electrons. The van der Waals surface area contributed by atoms with Crippen LogP contribution >= 0.6 is 0 Å². The van der Waals surface area contributed by atoms with E-state index in [1.165, 1.54) is 12.8 Å². The third-order valence-corrected chi connectivity index (χ3v) is 3.49. The van der Waals surface area contributed by atoms with Gasteiger partial charge in [0.25, 0.3) is 0 Å². The highest BCUT2D eigenvalue weighted by Crippen LogP contribution is 2.21. The molecule has 0 aromatic heterocycles. The molecule has 1 amide bonds. The highest BCUT2D eigenvalue weighted by Gasteiger charge is 2.24. The van der Waals surface area contributed by atoms with Gasteiger partial charge in [0.1, 0.15) is 0 Å². The topological polar surface area (TPSA) is 46.3 Å². The minimum atomic E-state index is 0.128. The Labute approximate surface area is 99.4 Å². The van der Waals surface area contributed by atoms with Crippen LogP contribution in [-0.2, 0) is 4.79 Å². The molecular weight excluding hydrogens is 200 g/mol. The molecule has 2 N–H and O–H groups in total. The fourth-order valence-corrected chi connectivity index (χ4v) is 2.37. The Morgan fingerprint density at radius 3 is 2.75 bits per heavy atom. The first-order valence-electron chi connectivity index (χ1n) is 6.55. The van der Waals surface area contributed by atoms with E-state index >= 15 is 0 Å². The van der Waals surface area contributed by atoms with E-state index in [4.69, 9.17) is 5.73 Å². The van der Waals surface area contributed by atoms with Crippen molar-refractivity contribution in [1.29, 1.82) is 0 Å². The van der Waals surface area contributed by atoms with Crippen molar-refractivity contribution in [3.05, 3.63) is 0 Å². The van der Waals surface area contributed by atoms with Gasteiger partial charge in [-0.15, -0.1) is 0 Å². The Bertz CT molecular complexity index is 228. The molecule has 1 saturated heterocycles. The summed E-state index contributed by atoms with van der Waals surface area (Å²) in [6, 6.07) is 0.536. The normalized spacial score (nSPS) is 28.6. The smallest absolute Gasteiger partial charge is 0.222 e. The number of carbonyl (C=O) groups is 1. The summed E-state index contributed by atoms with van der Waals surface area (Å²) in [5.74, 6) is 0.933. The summed E-state index contributed by atoms with van der Waals surface area (Å²) in [7, 11) is 0. The van der Waals surface area contributed by atoms with Crippen LogP contribution in [0.3, 0.4) is 0 Å². The number of rotatable bonds is 3. The number of hydrogen-bond donors (Lipinski definition) is 1. The Balaban J connectivity index is 2.50. The van der Waals surface area contributed by atoms with Crippen molar-refractivity contribution in [3.8, 4) is 0 Å². The third-order valence-electron chi connectivity index (χ3n) is 3.49. The summed E-state index contributed by atoms with van der Waals surface area (Å²) in [5, 5.41) is 0. The molecule has 0 spiro atoms. The monoisotopic (exact) mass is 226 g/mol. The Morgan fingerprint density at radius 2 is 2.12 bits per heavy atom. The van der Waals surface area contributed by atoms with Crippen molar-refractivity contribution in [2.75, 3.05) is 6.54 Å². The second-order valence-corrected chi connectivity index (χ2v) is 5.45. The van der Waals surface area contributed by atoms with E-state index in [1.54, 1.807) is 0 Å². The lowest BCUT2D eigenvalue weighted by molar-refractivity contribution is -0.133. The van der Waals surface area contributed by atoms with Crippen LogP contribution < -0.4 is 5.73 Å². The zero-order valence-corrected chi connectivity index (χ0v) is 10.9. The van der Waals surface area contributed by atoms with Crippen molar-refractivity contribution in [2.24, 2.45) is 11.7 Å². The molecule has 0 saturated carbocycles. The van der Waals surface area contributed by atoms with Crippen LogP contribution in [0.4, 0.5) is 0 Å². The lowest BCUT2D eigenvalue weighted by Gasteiger charge is -2.29. The summed E-state index contributed by atoms with van der Waals surface area (Å²) in [6.45, 7) is 7.30. The maximum Gasteiger partial charge on any atom is 0.222 e. The standard InChI is InChI=1S/C13H26N2O/c1-10-5-4-6-12(3)15(9-10)13(16)8-7-11(2)14/h10-12H,4-9,14H2,1-3H3. The molecule has 1 aliphatic heterocycles. The highest BCUT2D eigenvalue weighted by atomic mass is 16.2. The van der Waals surface area contributed by atoms with Crippen molar-refractivity contribution in [2.45, 2.75) is 65.0 Å². The molecule has 1 rings (SSSR count). The molecule has 1 heterocycles. The Hall–Kier alpha value is -0.570. The van der Waals surface area contributed by atoms with E-state index < -0.39 is 0 Å². The van der Waals surface area contributed by atoms with Gasteiger partial charge in [-0.3, -0.25) is 4.79 Å². The summed E-state index contributed by atoms with van der Waals surface area (Å²) >= 11 is 0. The molecule has 1 aliphatic rings. The Morgan fingerprint density at radius 1 is 1.44 bits per heavy atom. The van der Waals surface area contributed by atoms with Gasteiger partial charge in [0.05, 0.1) is 0 Å². The van der Waals surface area contributed by atoms with Gasteiger partial charge in [-0.25, -0.2) is 0 Å². The van der Waals surface area contributed by atoms with Gasteiger partial charge in [0.15, 0.2) is 0 Å². The second-order valence-electron chi connectivity index (χ2n) is 5.45. The lowest BCUT2D eigenvalue weighted by atomic mass is 10.1. The molecule has 3 unspecified atom stereocenters. The van der Waals surface area contributed by atoms with E-state index in [9.17, 15) is 4.79 Å². The van der Waals surface area contributed by atoms with Gasteiger partial charge >= 0.3 is 0 Å². The van der Waals surface area contributed by atoms with E-state index in [0.29, 0.717) is 24.3 Å². The first kappa shape index (κ1) is 13.5. The predicted molar refractivity (Wildman–Crippen MR) is 67.1 cm³/mol. The summed E-state index contributed by atoms with van der Waals surface area (Å²) in [4.78, 5) is 14.2. The molecule has 0 aliphatic carbocycles. The molecule has 0 aromatic rings. The molecule has 0 bridgehead atoms. The molecule has 94 valence electrons. The van der Waals surface area contributed by atoms with Crippen LogP contribution in [0.15, 0.2) is 0 Å². The van der Waals surface area contributed by atoms with Crippen molar-refractivity contribution < 1.29 is 4.79 Å². The van der Waals surface area contributed by atoms with Gasteiger partial charge in [0.2, 0.25) is 5.91 Å². The minimum Gasteiger partial charge on any atom is -0.340 e. The van der Waals surface area contributed by atoms with Crippen LogP contribution in [0.25, 0.3) is 0 Å². The maximum atomic E-state index is 12.1. The molecule has 3 nitrogen and oxygen atoms in total. The summed E-state index contributed by atoms with van der Waals surface area (Å²) in [5.41, 5.74) is 5.69. The van der Waals surface area contributed by atoms with Crippen LogP contribution in [0.2, 0.25) is 0 Å². The minimum absolute atomic E-state index is 0.128. The average molecular weight is 226 g/mol. The van der Waals surface area contributed by atoms with Crippen LogP contribution in [0.1, 0.15) is 52.9 Å². The fourth-order valence-electron chi connectivity index (χ4n) is 2.37. The summed E-state index contributed by atoms with van der Waals surface area (Å²) < 4.78 is 0. The molecule has 16 heavy (non-hydrogen) atoms. The van der Waals surface area contributed by atoms with Crippen molar-refractivity contribution >= 4 is 5.91 Å². The van der Waals surface area contributed by atoms with Crippen molar-refractivity contribution in [3.63, 3.8) is 0 Å². The van der Waals surface area contributed by atoms with Gasteiger partial charge in [0, 0.05) is 25.0 Å². The molecule has 0 aromatic carbocycles. The summed E-state index contributed by atoms with van der Waals surface area (Å²) in [6.07, 6.45) is 5.06. The van der Waals surface area contributed by atoms with E-state index in [-0.39, 0.29) is 6.04 Å². The first-order valence-corrected chi connectivity index (χ1v) is 6.55. The number of amides is 1. The first-order chi connectivity index (χ1) is 7.50.